The molecule has 1 N–H and O–H groups in total. The fourth-order valence-electron chi connectivity index (χ4n) is 3.09. The molecule has 1 fully saturated rings. The maximum Gasteiger partial charge on any atom is 0.00830 e. The second-order valence-corrected chi connectivity index (χ2v) is 5.61. The lowest BCUT2D eigenvalue weighted by atomic mass is 9.58. The highest BCUT2D eigenvalue weighted by atomic mass is 14.9. The summed E-state index contributed by atoms with van der Waals surface area (Å²) < 4.78 is 0. The fraction of sp³-hybridized carbons (Fsp3) is 0.625. The van der Waals surface area contributed by atoms with E-state index in [0.29, 0.717) is 5.41 Å². The second kappa shape index (κ2) is 5.22. The molecule has 2 rings (SSSR count). The molecule has 0 bridgehead atoms. The molecule has 1 aromatic rings. The third-order valence-corrected chi connectivity index (χ3v) is 4.31. The molecule has 1 heteroatoms. The van der Waals surface area contributed by atoms with Crippen molar-refractivity contribution in [2.45, 2.75) is 45.4 Å². The van der Waals surface area contributed by atoms with E-state index in [9.17, 15) is 0 Å². The second-order valence-electron chi connectivity index (χ2n) is 5.61. The number of likely N-dealkylation sites (N-methyl/N-ethyl adjacent to an activating group) is 1. The first-order valence-corrected chi connectivity index (χ1v) is 6.98. The van der Waals surface area contributed by atoms with E-state index in [1.165, 1.54) is 30.4 Å². The van der Waals surface area contributed by atoms with Crippen molar-refractivity contribution in [2.75, 3.05) is 13.1 Å². The molecule has 0 heterocycles. The van der Waals surface area contributed by atoms with Gasteiger partial charge in [-0.2, -0.15) is 0 Å². The SMILES string of the molecule is CCNCC1(c2ccc(C)cc2)CC(CC)C1. The van der Waals surface area contributed by atoms with Crippen molar-refractivity contribution >= 4 is 0 Å². The lowest BCUT2D eigenvalue weighted by Gasteiger charge is -2.48. The van der Waals surface area contributed by atoms with Crippen molar-refractivity contribution in [3.63, 3.8) is 0 Å². The molecule has 1 saturated carbocycles. The minimum Gasteiger partial charge on any atom is -0.316 e. The van der Waals surface area contributed by atoms with Crippen molar-refractivity contribution in [3.8, 4) is 0 Å². The minimum absolute atomic E-state index is 0.421. The summed E-state index contributed by atoms with van der Waals surface area (Å²) in [6.07, 6.45) is 4.05. The van der Waals surface area contributed by atoms with E-state index < -0.39 is 0 Å². The number of hydrogen-bond acceptors (Lipinski definition) is 1. The highest BCUT2D eigenvalue weighted by Gasteiger charge is 2.43. The van der Waals surface area contributed by atoms with Gasteiger partial charge in [0.05, 0.1) is 0 Å². The fourth-order valence-corrected chi connectivity index (χ4v) is 3.09. The monoisotopic (exact) mass is 231 g/mol. The normalized spacial score (nSPS) is 27.8. The number of hydrogen-bond donors (Lipinski definition) is 1. The smallest absolute Gasteiger partial charge is 0.00830 e. The van der Waals surface area contributed by atoms with Gasteiger partial charge in [0.1, 0.15) is 0 Å². The predicted molar refractivity (Wildman–Crippen MR) is 74.4 cm³/mol. The van der Waals surface area contributed by atoms with Crippen LogP contribution in [0, 0.1) is 12.8 Å². The maximum absolute atomic E-state index is 3.55. The summed E-state index contributed by atoms with van der Waals surface area (Å²) in [6.45, 7) is 8.89. The molecule has 0 amide bonds. The topological polar surface area (TPSA) is 12.0 Å². The first kappa shape index (κ1) is 12.6. The molecule has 1 aliphatic rings. The van der Waals surface area contributed by atoms with Crippen molar-refractivity contribution in [1.82, 2.24) is 5.32 Å². The van der Waals surface area contributed by atoms with E-state index in [1.54, 1.807) is 0 Å². The highest BCUT2D eigenvalue weighted by Crippen LogP contribution is 2.48. The minimum atomic E-state index is 0.421. The van der Waals surface area contributed by atoms with Crippen LogP contribution in [-0.2, 0) is 5.41 Å². The van der Waals surface area contributed by atoms with Gasteiger partial charge in [-0.25, -0.2) is 0 Å². The zero-order chi connectivity index (χ0) is 12.3. The van der Waals surface area contributed by atoms with E-state index in [1.807, 2.05) is 0 Å². The molecule has 1 nitrogen and oxygen atoms in total. The zero-order valence-corrected chi connectivity index (χ0v) is 11.4. The third-order valence-electron chi connectivity index (χ3n) is 4.31. The molecule has 0 radical (unpaired) electrons. The molecule has 1 aromatic carbocycles. The Morgan fingerprint density at radius 1 is 1.18 bits per heavy atom. The summed E-state index contributed by atoms with van der Waals surface area (Å²) in [4.78, 5) is 0. The molecular weight excluding hydrogens is 206 g/mol. The average molecular weight is 231 g/mol. The standard InChI is InChI=1S/C16H25N/c1-4-14-10-16(11-14,12-17-5-2)15-8-6-13(3)7-9-15/h6-9,14,17H,4-5,10-12H2,1-3H3. The Morgan fingerprint density at radius 2 is 1.82 bits per heavy atom. The van der Waals surface area contributed by atoms with Crippen LogP contribution in [0.4, 0.5) is 0 Å². The van der Waals surface area contributed by atoms with E-state index in [0.717, 1.165) is 19.0 Å². The van der Waals surface area contributed by atoms with Gasteiger partial charge in [0.2, 0.25) is 0 Å². The summed E-state index contributed by atoms with van der Waals surface area (Å²) in [5, 5.41) is 3.55. The molecule has 0 aromatic heterocycles. The summed E-state index contributed by atoms with van der Waals surface area (Å²) >= 11 is 0. The van der Waals surface area contributed by atoms with E-state index in [-0.39, 0.29) is 0 Å². The molecule has 0 saturated heterocycles. The van der Waals surface area contributed by atoms with Crippen LogP contribution in [0.25, 0.3) is 0 Å². The van der Waals surface area contributed by atoms with Gasteiger partial charge < -0.3 is 5.32 Å². The quantitative estimate of drug-likeness (QED) is 0.815. The molecule has 17 heavy (non-hydrogen) atoms. The largest absolute Gasteiger partial charge is 0.316 e. The van der Waals surface area contributed by atoms with Gasteiger partial charge >= 0.3 is 0 Å². The van der Waals surface area contributed by atoms with Gasteiger partial charge in [-0.15, -0.1) is 0 Å². The van der Waals surface area contributed by atoms with Crippen LogP contribution in [0.1, 0.15) is 44.2 Å². The van der Waals surface area contributed by atoms with Crippen LogP contribution in [0.2, 0.25) is 0 Å². The third kappa shape index (κ3) is 2.55. The lowest BCUT2D eigenvalue weighted by Crippen LogP contribution is -2.48. The summed E-state index contributed by atoms with van der Waals surface area (Å²) in [6, 6.07) is 9.17. The first-order valence-electron chi connectivity index (χ1n) is 6.98. The Hall–Kier alpha value is -0.820. The van der Waals surface area contributed by atoms with Crippen LogP contribution in [0.5, 0.6) is 0 Å². The highest BCUT2D eigenvalue weighted by molar-refractivity contribution is 5.32. The van der Waals surface area contributed by atoms with Crippen LogP contribution in [0.3, 0.4) is 0 Å². The van der Waals surface area contributed by atoms with Crippen LogP contribution in [0.15, 0.2) is 24.3 Å². The number of rotatable bonds is 5. The Labute approximate surface area is 106 Å². The summed E-state index contributed by atoms with van der Waals surface area (Å²) in [5.74, 6) is 0.940. The van der Waals surface area contributed by atoms with Gasteiger partial charge in [0.15, 0.2) is 0 Å². The molecule has 94 valence electrons. The Balaban J connectivity index is 2.13. The molecule has 0 aliphatic heterocycles. The van der Waals surface area contributed by atoms with Gasteiger partial charge in [0.25, 0.3) is 0 Å². The van der Waals surface area contributed by atoms with E-state index >= 15 is 0 Å². The number of nitrogens with one attached hydrogen (secondary N) is 1. The average Bonchev–Trinajstić information content (AvgIpc) is 2.30. The summed E-state index contributed by atoms with van der Waals surface area (Å²) in [5.41, 5.74) is 3.32. The van der Waals surface area contributed by atoms with Crippen molar-refractivity contribution in [3.05, 3.63) is 35.4 Å². The van der Waals surface area contributed by atoms with Crippen molar-refractivity contribution in [1.29, 1.82) is 0 Å². The van der Waals surface area contributed by atoms with Gasteiger partial charge in [-0.05, 0) is 37.8 Å². The van der Waals surface area contributed by atoms with E-state index in [4.69, 9.17) is 0 Å². The predicted octanol–water partition coefficient (Wildman–Crippen LogP) is 3.66. The lowest BCUT2D eigenvalue weighted by molar-refractivity contribution is 0.134. The summed E-state index contributed by atoms with van der Waals surface area (Å²) in [7, 11) is 0. The van der Waals surface area contributed by atoms with Gasteiger partial charge in [-0.3, -0.25) is 0 Å². The van der Waals surface area contributed by atoms with Gasteiger partial charge in [0, 0.05) is 12.0 Å². The van der Waals surface area contributed by atoms with E-state index in [2.05, 4.69) is 50.4 Å². The Kier molecular flexibility index (Phi) is 3.88. The molecule has 0 spiro atoms. The Morgan fingerprint density at radius 3 is 2.35 bits per heavy atom. The first-order chi connectivity index (χ1) is 8.20. The number of aryl methyl sites for hydroxylation is 1. The van der Waals surface area contributed by atoms with Gasteiger partial charge in [-0.1, -0.05) is 50.1 Å². The van der Waals surface area contributed by atoms with Crippen LogP contribution < -0.4 is 5.32 Å². The van der Waals surface area contributed by atoms with Crippen LogP contribution >= 0.6 is 0 Å². The Bertz CT molecular complexity index is 341. The zero-order valence-electron chi connectivity index (χ0n) is 11.4. The molecule has 0 atom stereocenters. The molecular formula is C16H25N. The molecule has 1 aliphatic carbocycles. The van der Waals surface area contributed by atoms with Crippen molar-refractivity contribution in [2.24, 2.45) is 5.92 Å². The maximum atomic E-state index is 3.55. The van der Waals surface area contributed by atoms with Crippen molar-refractivity contribution < 1.29 is 0 Å². The number of benzene rings is 1. The molecule has 0 unspecified atom stereocenters. The van der Waals surface area contributed by atoms with Crippen LogP contribution in [-0.4, -0.2) is 13.1 Å².